The van der Waals surface area contributed by atoms with Gasteiger partial charge in [0.2, 0.25) is 0 Å². The molecular formula is C8H9BN2O2. The lowest BCUT2D eigenvalue weighted by Crippen LogP contribution is -2.22. The zero-order chi connectivity index (χ0) is 9.42. The van der Waals surface area contributed by atoms with Crippen molar-refractivity contribution in [3.63, 3.8) is 0 Å². The Kier molecular flexibility index (Phi) is 1.90. The Morgan fingerprint density at radius 3 is 2.85 bits per heavy atom. The molecule has 1 aliphatic heterocycles. The SMILES string of the molecule is CC1=NN=C2C=C(B(O)O)C=C[C@@H]12. The summed E-state index contributed by atoms with van der Waals surface area (Å²) in [6.45, 7) is 1.90. The molecule has 4 nitrogen and oxygen atoms in total. The smallest absolute Gasteiger partial charge is 0.423 e. The molecule has 1 aliphatic carbocycles. The summed E-state index contributed by atoms with van der Waals surface area (Å²) in [6, 6.07) is 0. The first-order chi connectivity index (χ1) is 6.18. The van der Waals surface area contributed by atoms with Gasteiger partial charge in [-0.05, 0) is 18.5 Å². The predicted molar refractivity (Wildman–Crippen MR) is 51.4 cm³/mol. The van der Waals surface area contributed by atoms with Crippen molar-refractivity contribution < 1.29 is 10.0 Å². The summed E-state index contributed by atoms with van der Waals surface area (Å²) in [4.78, 5) is 0. The summed E-state index contributed by atoms with van der Waals surface area (Å²) in [7, 11) is -1.43. The molecule has 0 radical (unpaired) electrons. The second kappa shape index (κ2) is 2.94. The lowest BCUT2D eigenvalue weighted by atomic mass is 9.74. The molecule has 0 aromatic heterocycles. The Morgan fingerprint density at radius 2 is 2.15 bits per heavy atom. The molecule has 2 N–H and O–H groups in total. The zero-order valence-corrected chi connectivity index (χ0v) is 7.18. The molecule has 0 aromatic carbocycles. The van der Waals surface area contributed by atoms with Gasteiger partial charge in [-0.25, -0.2) is 0 Å². The van der Waals surface area contributed by atoms with E-state index in [4.69, 9.17) is 10.0 Å². The highest BCUT2D eigenvalue weighted by Crippen LogP contribution is 2.20. The monoisotopic (exact) mass is 176 g/mol. The van der Waals surface area contributed by atoms with E-state index in [9.17, 15) is 0 Å². The van der Waals surface area contributed by atoms with E-state index >= 15 is 0 Å². The van der Waals surface area contributed by atoms with Crippen LogP contribution < -0.4 is 0 Å². The van der Waals surface area contributed by atoms with Crippen molar-refractivity contribution in [2.75, 3.05) is 0 Å². The molecule has 0 amide bonds. The second-order valence-electron chi connectivity index (χ2n) is 3.12. The Bertz CT molecular complexity index is 355. The molecule has 0 saturated carbocycles. The largest absolute Gasteiger partial charge is 0.488 e. The number of hydrogen-bond donors (Lipinski definition) is 2. The Hall–Kier alpha value is -1.20. The number of nitrogens with zero attached hydrogens (tertiary/aromatic N) is 2. The van der Waals surface area contributed by atoms with Crippen LogP contribution in [0.25, 0.3) is 0 Å². The van der Waals surface area contributed by atoms with Crippen LogP contribution in [0, 0.1) is 5.92 Å². The van der Waals surface area contributed by atoms with Crippen LogP contribution in [-0.2, 0) is 0 Å². The quantitative estimate of drug-likeness (QED) is 0.549. The van der Waals surface area contributed by atoms with Crippen LogP contribution in [0.15, 0.2) is 33.9 Å². The molecule has 0 bridgehead atoms. The molecule has 1 heterocycles. The van der Waals surface area contributed by atoms with E-state index in [1.807, 2.05) is 13.0 Å². The third kappa shape index (κ3) is 1.36. The third-order valence-electron chi connectivity index (χ3n) is 2.19. The van der Waals surface area contributed by atoms with Crippen molar-refractivity contribution >= 4 is 18.5 Å². The van der Waals surface area contributed by atoms with Crippen LogP contribution in [0.4, 0.5) is 0 Å². The van der Waals surface area contributed by atoms with Crippen LogP contribution >= 0.6 is 0 Å². The predicted octanol–water partition coefficient (Wildman–Crippen LogP) is -0.0587. The van der Waals surface area contributed by atoms with Gasteiger partial charge in [0.05, 0.1) is 17.3 Å². The van der Waals surface area contributed by atoms with Gasteiger partial charge in [-0.15, -0.1) is 0 Å². The second-order valence-corrected chi connectivity index (χ2v) is 3.12. The molecule has 0 aromatic rings. The van der Waals surface area contributed by atoms with Gasteiger partial charge in [0, 0.05) is 0 Å². The highest BCUT2D eigenvalue weighted by atomic mass is 16.4. The summed E-state index contributed by atoms with van der Waals surface area (Å²) < 4.78 is 0. The molecule has 0 unspecified atom stereocenters. The maximum Gasteiger partial charge on any atom is 0.488 e. The first kappa shape index (κ1) is 8.41. The van der Waals surface area contributed by atoms with E-state index < -0.39 is 7.12 Å². The van der Waals surface area contributed by atoms with E-state index in [1.165, 1.54) is 0 Å². The molecule has 0 saturated heterocycles. The lowest BCUT2D eigenvalue weighted by molar-refractivity contribution is 0.420. The first-order valence-electron chi connectivity index (χ1n) is 4.06. The van der Waals surface area contributed by atoms with Crippen LogP contribution in [0.5, 0.6) is 0 Å². The van der Waals surface area contributed by atoms with Crippen molar-refractivity contribution in [2.45, 2.75) is 6.92 Å². The van der Waals surface area contributed by atoms with Gasteiger partial charge in [-0.2, -0.15) is 10.2 Å². The van der Waals surface area contributed by atoms with E-state index in [-0.39, 0.29) is 5.92 Å². The molecule has 2 rings (SSSR count). The maximum absolute atomic E-state index is 8.91. The Labute approximate surface area is 76.1 Å². The number of hydrogen-bond acceptors (Lipinski definition) is 4. The molecular weight excluding hydrogens is 167 g/mol. The number of fused-ring (bicyclic) bond motifs is 1. The average molecular weight is 176 g/mol. The lowest BCUT2D eigenvalue weighted by Gasteiger charge is -2.12. The van der Waals surface area contributed by atoms with Crippen molar-refractivity contribution in [3.05, 3.63) is 23.7 Å². The van der Waals surface area contributed by atoms with Crippen molar-refractivity contribution in [1.29, 1.82) is 0 Å². The normalized spacial score (nSPS) is 24.8. The van der Waals surface area contributed by atoms with Gasteiger partial charge in [0.1, 0.15) is 0 Å². The molecule has 0 fully saturated rings. The van der Waals surface area contributed by atoms with Crippen LogP contribution in [0.1, 0.15) is 6.92 Å². The first-order valence-corrected chi connectivity index (χ1v) is 4.06. The van der Waals surface area contributed by atoms with Crippen molar-refractivity contribution in [2.24, 2.45) is 16.1 Å². The summed E-state index contributed by atoms with van der Waals surface area (Å²) in [5.74, 6) is 0.127. The zero-order valence-electron chi connectivity index (χ0n) is 7.18. The summed E-state index contributed by atoms with van der Waals surface area (Å²) in [5.41, 5.74) is 2.18. The Morgan fingerprint density at radius 1 is 1.38 bits per heavy atom. The van der Waals surface area contributed by atoms with Gasteiger partial charge in [-0.1, -0.05) is 12.2 Å². The molecule has 13 heavy (non-hydrogen) atoms. The minimum absolute atomic E-state index is 0.127. The molecule has 5 heteroatoms. The molecule has 2 aliphatic rings. The summed E-state index contributed by atoms with van der Waals surface area (Å²) in [5, 5.41) is 25.7. The highest BCUT2D eigenvalue weighted by molar-refractivity contribution is 6.53. The van der Waals surface area contributed by atoms with Crippen LogP contribution in [0.3, 0.4) is 0 Å². The van der Waals surface area contributed by atoms with Gasteiger partial charge < -0.3 is 10.0 Å². The molecule has 1 atom stereocenters. The van der Waals surface area contributed by atoms with Gasteiger partial charge in [0.25, 0.3) is 0 Å². The van der Waals surface area contributed by atoms with Crippen molar-refractivity contribution in [1.82, 2.24) is 0 Å². The fourth-order valence-corrected chi connectivity index (χ4v) is 1.42. The summed E-state index contributed by atoms with van der Waals surface area (Å²) in [6.07, 6.45) is 5.23. The Balaban J connectivity index is 2.28. The number of allylic oxidation sites excluding steroid dienone is 4. The van der Waals surface area contributed by atoms with Crippen molar-refractivity contribution in [3.8, 4) is 0 Å². The van der Waals surface area contributed by atoms with E-state index in [2.05, 4.69) is 10.2 Å². The number of rotatable bonds is 1. The standard InChI is InChI=1S/C8H9BN2O2/c1-5-7-3-2-6(9(12)13)4-8(7)11-10-5/h2-4,7,12-13H,1H3/t7-/m0/s1. The van der Waals surface area contributed by atoms with E-state index in [0.717, 1.165) is 11.4 Å². The highest BCUT2D eigenvalue weighted by Gasteiger charge is 2.25. The topological polar surface area (TPSA) is 65.2 Å². The van der Waals surface area contributed by atoms with Gasteiger partial charge >= 0.3 is 7.12 Å². The van der Waals surface area contributed by atoms with Crippen LogP contribution in [-0.4, -0.2) is 28.6 Å². The van der Waals surface area contributed by atoms with Gasteiger partial charge in [0.15, 0.2) is 0 Å². The minimum atomic E-state index is -1.43. The maximum atomic E-state index is 8.91. The van der Waals surface area contributed by atoms with Gasteiger partial charge in [-0.3, -0.25) is 0 Å². The van der Waals surface area contributed by atoms with E-state index in [1.54, 1.807) is 12.2 Å². The average Bonchev–Trinajstić information content (AvgIpc) is 2.47. The van der Waals surface area contributed by atoms with Crippen LogP contribution in [0.2, 0.25) is 0 Å². The summed E-state index contributed by atoms with van der Waals surface area (Å²) >= 11 is 0. The van der Waals surface area contributed by atoms with E-state index in [0.29, 0.717) is 5.47 Å². The molecule has 0 spiro atoms. The minimum Gasteiger partial charge on any atom is -0.423 e. The molecule has 66 valence electrons. The third-order valence-corrected chi connectivity index (χ3v) is 2.19. The fourth-order valence-electron chi connectivity index (χ4n) is 1.42. The fraction of sp³-hybridized carbons (Fsp3) is 0.250.